The zero-order chi connectivity index (χ0) is 22.4. The van der Waals surface area contributed by atoms with E-state index in [2.05, 4.69) is 10.6 Å². The predicted molar refractivity (Wildman–Crippen MR) is 117 cm³/mol. The largest absolute Gasteiger partial charge is 0.467 e. The first-order valence-corrected chi connectivity index (χ1v) is 10.8. The van der Waals surface area contributed by atoms with Crippen LogP contribution in [0.5, 0.6) is 0 Å². The highest BCUT2D eigenvalue weighted by Crippen LogP contribution is 2.23. The molecule has 31 heavy (non-hydrogen) atoms. The minimum atomic E-state index is -0.680. The van der Waals surface area contributed by atoms with Crippen molar-refractivity contribution in [3.63, 3.8) is 0 Å². The summed E-state index contributed by atoms with van der Waals surface area (Å²) in [4.78, 5) is 40.0. The van der Waals surface area contributed by atoms with Crippen LogP contribution in [0.4, 0.5) is 0 Å². The Labute approximate surface area is 183 Å². The van der Waals surface area contributed by atoms with Crippen LogP contribution in [0.25, 0.3) is 0 Å². The summed E-state index contributed by atoms with van der Waals surface area (Å²) in [6, 6.07) is 10.1. The lowest BCUT2D eigenvalue weighted by molar-refractivity contribution is -0.136. The first kappa shape index (κ1) is 22.6. The molecule has 3 rings (SSSR count). The fraction of sp³-hybridized carbons (Fsp3) is 0.458. The van der Waals surface area contributed by atoms with Gasteiger partial charge in [-0.3, -0.25) is 14.4 Å². The Bertz CT molecular complexity index is 882. The van der Waals surface area contributed by atoms with E-state index in [1.807, 2.05) is 37.8 Å². The first-order chi connectivity index (χ1) is 14.8. The van der Waals surface area contributed by atoms with Gasteiger partial charge in [0.15, 0.2) is 0 Å². The van der Waals surface area contributed by atoms with Gasteiger partial charge in [-0.1, -0.05) is 31.5 Å². The highest BCUT2D eigenvalue weighted by molar-refractivity contribution is 5.97. The van der Waals surface area contributed by atoms with Gasteiger partial charge in [0.1, 0.15) is 11.8 Å². The van der Waals surface area contributed by atoms with E-state index in [0.717, 1.165) is 5.56 Å². The van der Waals surface area contributed by atoms with Crippen molar-refractivity contribution in [2.24, 2.45) is 11.8 Å². The van der Waals surface area contributed by atoms with Crippen molar-refractivity contribution < 1.29 is 18.8 Å². The zero-order valence-electron chi connectivity index (χ0n) is 18.4. The zero-order valence-corrected chi connectivity index (χ0v) is 18.4. The molecule has 0 saturated carbocycles. The Hall–Kier alpha value is -3.09. The molecule has 1 aliphatic rings. The molecule has 2 aromatic rings. The number of piperidine rings is 1. The van der Waals surface area contributed by atoms with Crippen LogP contribution in [0.15, 0.2) is 47.1 Å². The molecule has 3 amide bonds. The molecule has 0 radical (unpaired) electrons. The number of likely N-dealkylation sites (tertiary alicyclic amines) is 1. The summed E-state index contributed by atoms with van der Waals surface area (Å²) in [6.45, 7) is 7.17. The van der Waals surface area contributed by atoms with Gasteiger partial charge in [-0.2, -0.15) is 0 Å². The minimum Gasteiger partial charge on any atom is -0.467 e. The maximum atomic E-state index is 13.0. The number of hydrogen-bond donors (Lipinski definition) is 2. The maximum absolute atomic E-state index is 13.0. The van der Waals surface area contributed by atoms with E-state index in [-0.39, 0.29) is 36.1 Å². The smallest absolute Gasteiger partial charge is 0.251 e. The van der Waals surface area contributed by atoms with Gasteiger partial charge in [-0.25, -0.2) is 0 Å². The van der Waals surface area contributed by atoms with Crippen LogP contribution >= 0.6 is 0 Å². The third kappa shape index (κ3) is 5.96. The third-order valence-electron chi connectivity index (χ3n) is 5.72. The average molecular weight is 426 g/mol. The second kappa shape index (κ2) is 10.3. The number of furan rings is 1. The Kier molecular flexibility index (Phi) is 7.50. The number of amides is 3. The molecule has 7 heteroatoms. The standard InChI is InChI=1S/C24H31N3O4/c1-16(2)24(30)27-12-10-18(11-13-27)21(23(29)25-15-20-5-4-14-31-20)26-22(28)19-8-6-17(3)7-9-19/h4-9,14,16,18,21H,10-13,15H2,1-3H3,(H,25,29)(H,26,28). The molecular formula is C24H31N3O4. The molecule has 0 aliphatic carbocycles. The van der Waals surface area contributed by atoms with Crippen molar-refractivity contribution >= 4 is 17.7 Å². The number of benzene rings is 1. The van der Waals surface area contributed by atoms with Gasteiger partial charge >= 0.3 is 0 Å². The van der Waals surface area contributed by atoms with Crippen LogP contribution in [-0.2, 0) is 16.1 Å². The van der Waals surface area contributed by atoms with Crippen molar-refractivity contribution in [1.29, 1.82) is 0 Å². The molecule has 1 fully saturated rings. The summed E-state index contributed by atoms with van der Waals surface area (Å²) >= 11 is 0. The van der Waals surface area contributed by atoms with Gasteiger partial charge < -0.3 is 20.0 Å². The summed E-state index contributed by atoms with van der Waals surface area (Å²) < 4.78 is 5.29. The molecule has 2 heterocycles. The second-order valence-electron chi connectivity index (χ2n) is 8.43. The number of aryl methyl sites for hydroxylation is 1. The lowest BCUT2D eigenvalue weighted by atomic mass is 9.88. The van der Waals surface area contributed by atoms with Crippen molar-refractivity contribution in [2.45, 2.75) is 46.2 Å². The molecule has 2 N–H and O–H groups in total. The lowest BCUT2D eigenvalue weighted by Crippen LogP contribution is -2.54. The molecule has 1 aromatic carbocycles. The first-order valence-electron chi connectivity index (χ1n) is 10.8. The molecule has 1 saturated heterocycles. The highest BCUT2D eigenvalue weighted by atomic mass is 16.3. The number of hydrogen-bond acceptors (Lipinski definition) is 4. The Morgan fingerprint density at radius 2 is 1.77 bits per heavy atom. The van der Waals surface area contributed by atoms with Gasteiger partial charge in [0.05, 0.1) is 12.8 Å². The Balaban J connectivity index is 1.69. The molecule has 166 valence electrons. The molecule has 0 bridgehead atoms. The molecular weight excluding hydrogens is 394 g/mol. The second-order valence-corrected chi connectivity index (χ2v) is 8.43. The molecule has 1 aliphatic heterocycles. The fourth-order valence-electron chi connectivity index (χ4n) is 3.84. The fourth-order valence-corrected chi connectivity index (χ4v) is 3.84. The van der Waals surface area contributed by atoms with E-state index in [1.165, 1.54) is 0 Å². The topological polar surface area (TPSA) is 91.7 Å². The van der Waals surface area contributed by atoms with Crippen LogP contribution in [0, 0.1) is 18.8 Å². The predicted octanol–water partition coefficient (Wildman–Crippen LogP) is 2.90. The average Bonchev–Trinajstić information content (AvgIpc) is 3.29. The number of carbonyl (C=O) groups excluding carboxylic acids is 3. The van der Waals surface area contributed by atoms with E-state index in [1.54, 1.807) is 30.5 Å². The van der Waals surface area contributed by atoms with Crippen molar-refractivity contribution in [3.05, 3.63) is 59.5 Å². The van der Waals surface area contributed by atoms with Crippen molar-refractivity contribution in [2.75, 3.05) is 13.1 Å². The third-order valence-corrected chi connectivity index (χ3v) is 5.72. The minimum absolute atomic E-state index is 0.0508. The Morgan fingerprint density at radius 1 is 1.10 bits per heavy atom. The van der Waals surface area contributed by atoms with E-state index in [0.29, 0.717) is 37.3 Å². The summed E-state index contributed by atoms with van der Waals surface area (Å²) in [5.41, 5.74) is 1.58. The van der Waals surface area contributed by atoms with Crippen LogP contribution in [0.1, 0.15) is 48.4 Å². The molecule has 1 unspecified atom stereocenters. The lowest BCUT2D eigenvalue weighted by Gasteiger charge is -2.36. The SMILES string of the molecule is Cc1ccc(C(=O)NC(C(=O)NCc2ccco2)C2CCN(C(=O)C(C)C)CC2)cc1. The Morgan fingerprint density at radius 3 is 2.35 bits per heavy atom. The van der Waals surface area contributed by atoms with Gasteiger partial charge in [-0.05, 0) is 49.9 Å². The quantitative estimate of drug-likeness (QED) is 0.714. The van der Waals surface area contributed by atoms with Crippen molar-refractivity contribution in [1.82, 2.24) is 15.5 Å². The van der Waals surface area contributed by atoms with Crippen LogP contribution in [-0.4, -0.2) is 41.8 Å². The van der Waals surface area contributed by atoms with E-state index >= 15 is 0 Å². The normalized spacial score (nSPS) is 15.5. The van der Waals surface area contributed by atoms with Gasteiger partial charge in [0.2, 0.25) is 11.8 Å². The summed E-state index contributed by atoms with van der Waals surface area (Å²) in [6.07, 6.45) is 2.87. The molecule has 1 atom stereocenters. The van der Waals surface area contributed by atoms with Crippen LogP contribution in [0.2, 0.25) is 0 Å². The summed E-state index contributed by atoms with van der Waals surface area (Å²) in [5, 5.41) is 5.81. The van der Waals surface area contributed by atoms with Crippen LogP contribution < -0.4 is 10.6 Å². The van der Waals surface area contributed by atoms with Crippen LogP contribution in [0.3, 0.4) is 0 Å². The molecule has 7 nitrogen and oxygen atoms in total. The highest BCUT2D eigenvalue weighted by Gasteiger charge is 2.34. The number of nitrogens with one attached hydrogen (secondary N) is 2. The summed E-state index contributed by atoms with van der Waals surface area (Å²) in [5.74, 6) is 0.145. The molecule has 1 aromatic heterocycles. The van der Waals surface area contributed by atoms with Crippen molar-refractivity contribution in [3.8, 4) is 0 Å². The van der Waals surface area contributed by atoms with Gasteiger partial charge in [0, 0.05) is 24.6 Å². The summed E-state index contributed by atoms with van der Waals surface area (Å²) in [7, 11) is 0. The van der Waals surface area contributed by atoms with E-state index in [4.69, 9.17) is 4.42 Å². The van der Waals surface area contributed by atoms with E-state index < -0.39 is 6.04 Å². The van der Waals surface area contributed by atoms with Gasteiger partial charge in [0.25, 0.3) is 5.91 Å². The van der Waals surface area contributed by atoms with Gasteiger partial charge in [-0.15, -0.1) is 0 Å². The van der Waals surface area contributed by atoms with E-state index in [9.17, 15) is 14.4 Å². The molecule has 0 spiro atoms. The monoisotopic (exact) mass is 425 g/mol. The number of nitrogens with zero attached hydrogens (tertiary/aromatic N) is 1. The number of carbonyl (C=O) groups is 3. The maximum Gasteiger partial charge on any atom is 0.251 e. The number of rotatable bonds is 7.